The number of anilines is 1. The minimum absolute atomic E-state index is 0.0421. The number of rotatable bonds is 9. The summed E-state index contributed by atoms with van der Waals surface area (Å²) in [4.78, 5) is 12.8. The van der Waals surface area contributed by atoms with Gasteiger partial charge in [-0.15, -0.1) is 0 Å². The van der Waals surface area contributed by atoms with Gasteiger partial charge in [0.05, 0.1) is 31.0 Å². The SMILES string of the molecule is COc1ccc(N(CC(=O)N/N=C\c2ccccc2Br)S(=O)(=O)c2ccc(C)cc2)c(OC)c1. The lowest BCUT2D eigenvalue weighted by molar-refractivity contribution is -0.119. The zero-order valence-electron chi connectivity index (χ0n) is 18.9. The molecule has 0 saturated carbocycles. The van der Waals surface area contributed by atoms with Gasteiger partial charge in [-0.05, 0) is 37.3 Å². The maximum absolute atomic E-state index is 13.6. The van der Waals surface area contributed by atoms with E-state index in [4.69, 9.17) is 9.47 Å². The van der Waals surface area contributed by atoms with E-state index in [2.05, 4.69) is 26.5 Å². The Hall–Kier alpha value is -3.37. The number of amides is 1. The van der Waals surface area contributed by atoms with Crippen molar-refractivity contribution in [3.63, 3.8) is 0 Å². The van der Waals surface area contributed by atoms with E-state index in [0.717, 1.165) is 19.9 Å². The summed E-state index contributed by atoms with van der Waals surface area (Å²) in [6.45, 7) is 1.34. The molecule has 0 aliphatic carbocycles. The van der Waals surface area contributed by atoms with Crippen LogP contribution < -0.4 is 19.2 Å². The van der Waals surface area contributed by atoms with Gasteiger partial charge < -0.3 is 9.47 Å². The molecule has 0 spiro atoms. The smallest absolute Gasteiger partial charge is 0.264 e. The number of benzene rings is 3. The van der Waals surface area contributed by atoms with Crippen molar-refractivity contribution in [3.8, 4) is 11.5 Å². The van der Waals surface area contributed by atoms with E-state index < -0.39 is 22.5 Å². The van der Waals surface area contributed by atoms with Crippen LogP contribution in [0.25, 0.3) is 0 Å². The maximum atomic E-state index is 13.6. The molecule has 0 saturated heterocycles. The lowest BCUT2D eigenvalue weighted by Gasteiger charge is -2.25. The van der Waals surface area contributed by atoms with Crippen molar-refractivity contribution in [3.05, 3.63) is 82.3 Å². The number of nitrogens with zero attached hydrogens (tertiary/aromatic N) is 2. The molecule has 178 valence electrons. The highest BCUT2D eigenvalue weighted by Gasteiger charge is 2.29. The zero-order chi connectivity index (χ0) is 24.7. The lowest BCUT2D eigenvalue weighted by Crippen LogP contribution is -2.39. The van der Waals surface area contributed by atoms with E-state index in [0.29, 0.717) is 5.75 Å². The first kappa shape index (κ1) is 25.3. The molecule has 0 bridgehead atoms. The van der Waals surface area contributed by atoms with Crippen LogP contribution >= 0.6 is 15.9 Å². The largest absolute Gasteiger partial charge is 0.497 e. The number of carbonyl (C=O) groups excluding carboxylic acids is 1. The predicted molar refractivity (Wildman–Crippen MR) is 135 cm³/mol. The third-order valence-corrected chi connectivity index (χ3v) is 7.35. The number of aryl methyl sites for hydroxylation is 1. The van der Waals surface area contributed by atoms with Gasteiger partial charge in [-0.3, -0.25) is 9.10 Å². The summed E-state index contributed by atoms with van der Waals surface area (Å²) < 4.78 is 39.5. The molecule has 0 aliphatic heterocycles. The highest BCUT2D eigenvalue weighted by Crippen LogP contribution is 2.35. The Kier molecular flexibility index (Phi) is 8.30. The van der Waals surface area contributed by atoms with Gasteiger partial charge in [0.1, 0.15) is 18.0 Å². The Balaban J connectivity index is 1.94. The molecule has 10 heteroatoms. The van der Waals surface area contributed by atoms with E-state index in [1.54, 1.807) is 24.3 Å². The Morgan fingerprint density at radius 3 is 2.41 bits per heavy atom. The molecule has 0 heterocycles. The van der Waals surface area contributed by atoms with E-state index in [1.165, 1.54) is 38.6 Å². The van der Waals surface area contributed by atoms with Gasteiger partial charge in [-0.25, -0.2) is 13.8 Å². The van der Waals surface area contributed by atoms with Crippen LogP contribution in [0, 0.1) is 6.92 Å². The van der Waals surface area contributed by atoms with Crippen molar-refractivity contribution in [2.24, 2.45) is 5.10 Å². The summed E-state index contributed by atoms with van der Waals surface area (Å²) in [6.07, 6.45) is 1.47. The first-order valence-corrected chi connectivity index (χ1v) is 12.4. The average Bonchev–Trinajstić information content (AvgIpc) is 2.83. The van der Waals surface area contributed by atoms with Crippen LogP contribution in [0.3, 0.4) is 0 Å². The molecule has 0 unspecified atom stereocenters. The van der Waals surface area contributed by atoms with Crippen molar-refractivity contribution in [2.75, 3.05) is 25.1 Å². The molecule has 0 aromatic heterocycles. The van der Waals surface area contributed by atoms with Crippen LogP contribution in [0.5, 0.6) is 11.5 Å². The van der Waals surface area contributed by atoms with Crippen LogP contribution in [0.1, 0.15) is 11.1 Å². The van der Waals surface area contributed by atoms with Crippen LogP contribution in [-0.2, 0) is 14.8 Å². The van der Waals surface area contributed by atoms with E-state index in [1.807, 2.05) is 31.2 Å². The number of hydrogen-bond acceptors (Lipinski definition) is 6. The van der Waals surface area contributed by atoms with Crippen molar-refractivity contribution in [1.29, 1.82) is 0 Å². The second-order valence-electron chi connectivity index (χ2n) is 7.18. The number of halogens is 1. The van der Waals surface area contributed by atoms with Crippen molar-refractivity contribution in [2.45, 2.75) is 11.8 Å². The van der Waals surface area contributed by atoms with Crippen molar-refractivity contribution >= 4 is 43.8 Å². The minimum Gasteiger partial charge on any atom is -0.497 e. The van der Waals surface area contributed by atoms with Gasteiger partial charge in [-0.2, -0.15) is 5.10 Å². The quantitative estimate of drug-likeness (QED) is 0.322. The summed E-state index contributed by atoms with van der Waals surface area (Å²) in [5, 5.41) is 3.96. The van der Waals surface area contributed by atoms with Gasteiger partial charge in [0.15, 0.2) is 0 Å². The molecule has 8 nitrogen and oxygen atoms in total. The second kappa shape index (κ2) is 11.2. The monoisotopic (exact) mass is 545 g/mol. The second-order valence-corrected chi connectivity index (χ2v) is 9.89. The third-order valence-electron chi connectivity index (χ3n) is 4.85. The first-order valence-electron chi connectivity index (χ1n) is 10.1. The van der Waals surface area contributed by atoms with Crippen LogP contribution in [0.2, 0.25) is 0 Å². The summed E-state index contributed by atoms with van der Waals surface area (Å²) in [7, 11) is -1.20. The number of carbonyl (C=O) groups is 1. The fourth-order valence-electron chi connectivity index (χ4n) is 3.05. The Morgan fingerprint density at radius 1 is 1.06 bits per heavy atom. The topological polar surface area (TPSA) is 97.3 Å². The van der Waals surface area contributed by atoms with Crippen molar-refractivity contribution in [1.82, 2.24) is 5.43 Å². The third kappa shape index (κ3) is 5.95. The standard InChI is InChI=1S/C24H24BrN3O5S/c1-17-8-11-20(12-9-17)34(30,31)28(22-13-10-19(32-2)14-23(22)33-3)16-24(29)27-26-15-18-6-4-5-7-21(18)25/h4-15H,16H2,1-3H3,(H,27,29)/b26-15-. The number of nitrogens with one attached hydrogen (secondary N) is 1. The number of ether oxygens (including phenoxy) is 2. The average molecular weight is 546 g/mol. The van der Waals surface area contributed by atoms with E-state index in [-0.39, 0.29) is 16.3 Å². The summed E-state index contributed by atoms with van der Waals surface area (Å²) in [6, 6.07) is 18.4. The number of hydrazone groups is 1. The lowest BCUT2D eigenvalue weighted by atomic mass is 10.2. The molecule has 3 rings (SSSR count). The maximum Gasteiger partial charge on any atom is 0.264 e. The summed E-state index contributed by atoms with van der Waals surface area (Å²) in [5.74, 6) is 0.0900. The Labute approximate surface area is 207 Å². The van der Waals surface area contributed by atoms with Crippen LogP contribution in [0.15, 0.2) is 81.2 Å². The van der Waals surface area contributed by atoms with Gasteiger partial charge in [-0.1, -0.05) is 51.8 Å². The molecular formula is C24H24BrN3O5S. The highest BCUT2D eigenvalue weighted by molar-refractivity contribution is 9.10. The highest BCUT2D eigenvalue weighted by atomic mass is 79.9. The fourth-order valence-corrected chi connectivity index (χ4v) is 4.87. The van der Waals surface area contributed by atoms with Crippen molar-refractivity contribution < 1.29 is 22.7 Å². The molecule has 3 aromatic rings. The molecule has 0 atom stereocenters. The van der Waals surface area contributed by atoms with Gasteiger partial charge in [0.2, 0.25) is 0 Å². The Morgan fingerprint density at radius 2 is 1.76 bits per heavy atom. The van der Waals surface area contributed by atoms with E-state index >= 15 is 0 Å². The molecule has 0 radical (unpaired) electrons. The summed E-state index contributed by atoms with van der Waals surface area (Å²) in [5.41, 5.74) is 4.24. The molecule has 3 aromatic carbocycles. The normalized spacial score (nSPS) is 11.3. The van der Waals surface area contributed by atoms with Crippen LogP contribution in [-0.4, -0.2) is 41.3 Å². The number of sulfonamides is 1. The number of methoxy groups -OCH3 is 2. The fraction of sp³-hybridized carbons (Fsp3) is 0.167. The Bertz CT molecular complexity index is 1290. The van der Waals surface area contributed by atoms with Crippen LogP contribution in [0.4, 0.5) is 5.69 Å². The van der Waals surface area contributed by atoms with Gasteiger partial charge >= 0.3 is 0 Å². The molecule has 0 fully saturated rings. The molecule has 0 aliphatic rings. The van der Waals surface area contributed by atoms with Gasteiger partial charge in [0, 0.05) is 16.1 Å². The number of hydrogen-bond donors (Lipinski definition) is 1. The minimum atomic E-state index is -4.11. The van der Waals surface area contributed by atoms with Gasteiger partial charge in [0.25, 0.3) is 15.9 Å². The molecule has 1 amide bonds. The first-order chi connectivity index (χ1) is 16.3. The molecular weight excluding hydrogens is 522 g/mol. The molecule has 34 heavy (non-hydrogen) atoms. The molecule has 1 N–H and O–H groups in total. The van der Waals surface area contributed by atoms with E-state index in [9.17, 15) is 13.2 Å². The zero-order valence-corrected chi connectivity index (χ0v) is 21.3. The predicted octanol–water partition coefficient (Wildman–Crippen LogP) is 4.12. The summed E-state index contributed by atoms with van der Waals surface area (Å²) >= 11 is 3.40.